The predicted molar refractivity (Wildman–Crippen MR) is 72.9 cm³/mol. The summed E-state index contributed by atoms with van der Waals surface area (Å²) in [5.41, 5.74) is -0.153. The van der Waals surface area contributed by atoms with Gasteiger partial charge in [-0.1, -0.05) is 12.1 Å². The molecule has 0 radical (unpaired) electrons. The predicted octanol–water partition coefficient (Wildman–Crippen LogP) is 2.99. The van der Waals surface area contributed by atoms with Crippen LogP contribution in [0.5, 0.6) is 0 Å². The van der Waals surface area contributed by atoms with Gasteiger partial charge >= 0.3 is 6.18 Å². The van der Waals surface area contributed by atoms with Crippen LogP contribution in [0, 0.1) is 0 Å². The molecule has 118 valence electrons. The number of nitrogens with one attached hydrogen (secondary N) is 1. The molecule has 1 N–H and O–H groups in total. The Morgan fingerprint density at radius 3 is 2.52 bits per heavy atom. The summed E-state index contributed by atoms with van der Waals surface area (Å²) in [4.78, 5) is 0. The lowest BCUT2D eigenvalue weighted by Gasteiger charge is -2.36. The summed E-state index contributed by atoms with van der Waals surface area (Å²) in [5, 5.41) is 3.27. The molecule has 1 aliphatic heterocycles. The van der Waals surface area contributed by atoms with Crippen molar-refractivity contribution in [1.29, 1.82) is 0 Å². The molecule has 1 aromatic rings. The highest BCUT2D eigenvalue weighted by molar-refractivity contribution is 5.24. The molecule has 2 rings (SSSR count). The summed E-state index contributed by atoms with van der Waals surface area (Å²) >= 11 is 0. The van der Waals surface area contributed by atoms with Crippen molar-refractivity contribution in [2.24, 2.45) is 0 Å². The molecule has 0 spiro atoms. The number of benzene rings is 1. The monoisotopic (exact) mass is 303 g/mol. The highest BCUT2D eigenvalue weighted by Gasteiger charge is 2.30. The first-order valence-electron chi connectivity index (χ1n) is 6.89. The normalized spacial score (nSPS) is 22.2. The van der Waals surface area contributed by atoms with Crippen molar-refractivity contribution in [3.8, 4) is 0 Å². The quantitative estimate of drug-likeness (QED) is 0.927. The number of rotatable bonds is 4. The average Bonchev–Trinajstić information content (AvgIpc) is 2.37. The lowest BCUT2D eigenvalue weighted by Crippen LogP contribution is -2.51. The van der Waals surface area contributed by atoms with Crippen LogP contribution in [0.2, 0.25) is 0 Å². The van der Waals surface area contributed by atoms with Crippen LogP contribution >= 0.6 is 0 Å². The maximum Gasteiger partial charge on any atom is 0.416 e. The number of ether oxygens (including phenoxy) is 2. The molecular formula is C15H20F3NO2. The Labute approximate surface area is 122 Å². The van der Waals surface area contributed by atoms with Gasteiger partial charge in [0.05, 0.1) is 30.5 Å². The summed E-state index contributed by atoms with van der Waals surface area (Å²) in [6, 6.07) is 5.01. The van der Waals surface area contributed by atoms with Gasteiger partial charge in [-0.15, -0.1) is 0 Å². The van der Waals surface area contributed by atoms with E-state index in [9.17, 15) is 13.2 Å². The van der Waals surface area contributed by atoms with Crippen LogP contribution in [0.1, 0.15) is 25.0 Å². The van der Waals surface area contributed by atoms with Gasteiger partial charge in [-0.25, -0.2) is 0 Å². The fourth-order valence-corrected chi connectivity index (χ4v) is 2.26. The first-order valence-corrected chi connectivity index (χ1v) is 6.89. The third-order valence-electron chi connectivity index (χ3n) is 3.26. The third-order valence-corrected chi connectivity index (χ3v) is 3.26. The first-order chi connectivity index (χ1) is 9.76. The van der Waals surface area contributed by atoms with Crippen LogP contribution in [-0.2, 0) is 22.3 Å². The summed E-state index contributed by atoms with van der Waals surface area (Å²) in [5.74, 6) is 0. The number of hydrogen-bond donors (Lipinski definition) is 1. The van der Waals surface area contributed by atoms with Gasteiger partial charge in [0.1, 0.15) is 0 Å². The molecule has 0 saturated carbocycles. The van der Waals surface area contributed by atoms with Gasteiger partial charge in [-0.05, 0) is 31.5 Å². The fourth-order valence-electron chi connectivity index (χ4n) is 2.26. The molecule has 6 heteroatoms. The van der Waals surface area contributed by atoms with Crippen LogP contribution in [0.3, 0.4) is 0 Å². The standard InChI is InChI=1S/C15H20F3NO2/c1-14(2)10-19-7-13(21-14)9-20-8-11-3-5-12(6-4-11)15(16,17)18/h3-6,13,19H,7-10H2,1-2H3. The first kappa shape index (κ1) is 16.3. The Morgan fingerprint density at radius 2 is 1.95 bits per heavy atom. The van der Waals surface area contributed by atoms with Crippen molar-refractivity contribution in [2.75, 3.05) is 19.7 Å². The van der Waals surface area contributed by atoms with Gasteiger partial charge in [0.2, 0.25) is 0 Å². The molecule has 1 fully saturated rings. The SMILES string of the molecule is CC1(C)CNCC(COCc2ccc(C(F)(F)F)cc2)O1. The summed E-state index contributed by atoms with van der Waals surface area (Å²) in [6.45, 7) is 6.21. The van der Waals surface area contributed by atoms with Crippen LogP contribution in [-0.4, -0.2) is 31.4 Å². The summed E-state index contributed by atoms with van der Waals surface area (Å²) < 4.78 is 48.7. The van der Waals surface area contributed by atoms with Crippen molar-refractivity contribution in [3.63, 3.8) is 0 Å². The van der Waals surface area contributed by atoms with Gasteiger partial charge in [0.15, 0.2) is 0 Å². The van der Waals surface area contributed by atoms with Gasteiger partial charge in [0.25, 0.3) is 0 Å². The van der Waals surface area contributed by atoms with E-state index in [4.69, 9.17) is 9.47 Å². The van der Waals surface area contributed by atoms with E-state index in [1.807, 2.05) is 13.8 Å². The molecule has 1 heterocycles. The molecule has 0 aromatic heterocycles. The molecule has 0 bridgehead atoms. The maximum atomic E-state index is 12.4. The molecule has 3 nitrogen and oxygen atoms in total. The summed E-state index contributed by atoms with van der Waals surface area (Å²) in [6.07, 6.45) is -4.34. The Morgan fingerprint density at radius 1 is 1.29 bits per heavy atom. The van der Waals surface area contributed by atoms with Crippen LogP contribution in [0.4, 0.5) is 13.2 Å². The number of morpholine rings is 1. The highest BCUT2D eigenvalue weighted by Crippen LogP contribution is 2.29. The highest BCUT2D eigenvalue weighted by atomic mass is 19.4. The third kappa shape index (κ3) is 4.98. The van der Waals surface area contributed by atoms with E-state index < -0.39 is 11.7 Å². The lowest BCUT2D eigenvalue weighted by molar-refractivity contribution is -0.137. The van der Waals surface area contributed by atoms with E-state index in [1.54, 1.807) is 0 Å². The van der Waals surface area contributed by atoms with Crippen molar-refractivity contribution >= 4 is 0 Å². The second-order valence-corrected chi connectivity index (χ2v) is 5.84. The largest absolute Gasteiger partial charge is 0.416 e. The van der Waals surface area contributed by atoms with Gasteiger partial charge in [-0.3, -0.25) is 0 Å². The second-order valence-electron chi connectivity index (χ2n) is 5.84. The van der Waals surface area contributed by atoms with E-state index in [0.717, 1.165) is 25.2 Å². The van der Waals surface area contributed by atoms with Crippen molar-refractivity contribution < 1.29 is 22.6 Å². The molecule has 1 unspecified atom stereocenters. The second kappa shape index (κ2) is 6.34. The van der Waals surface area contributed by atoms with Crippen molar-refractivity contribution in [1.82, 2.24) is 5.32 Å². The summed E-state index contributed by atoms with van der Waals surface area (Å²) in [7, 11) is 0. The number of hydrogen-bond acceptors (Lipinski definition) is 3. The van der Waals surface area contributed by atoms with Crippen molar-refractivity contribution in [2.45, 2.75) is 38.3 Å². The topological polar surface area (TPSA) is 30.5 Å². The Kier molecular flexibility index (Phi) is 4.91. The van der Waals surface area contributed by atoms with Gasteiger partial charge in [0, 0.05) is 13.1 Å². The smallest absolute Gasteiger partial charge is 0.374 e. The van der Waals surface area contributed by atoms with E-state index >= 15 is 0 Å². The minimum absolute atomic E-state index is 0.0387. The zero-order valence-electron chi connectivity index (χ0n) is 12.2. The molecule has 1 saturated heterocycles. The molecule has 21 heavy (non-hydrogen) atoms. The molecule has 0 amide bonds. The van der Waals surface area contributed by atoms with E-state index in [-0.39, 0.29) is 18.3 Å². The lowest BCUT2D eigenvalue weighted by atomic mass is 10.1. The molecular weight excluding hydrogens is 283 g/mol. The Hall–Kier alpha value is -1.11. The molecule has 0 aliphatic carbocycles. The van der Waals surface area contributed by atoms with E-state index in [2.05, 4.69) is 5.32 Å². The van der Waals surface area contributed by atoms with E-state index in [0.29, 0.717) is 12.2 Å². The molecule has 1 aliphatic rings. The van der Waals surface area contributed by atoms with Crippen molar-refractivity contribution in [3.05, 3.63) is 35.4 Å². The van der Waals surface area contributed by atoms with Gasteiger partial charge in [-0.2, -0.15) is 13.2 Å². The average molecular weight is 303 g/mol. The Balaban J connectivity index is 1.78. The van der Waals surface area contributed by atoms with Crippen LogP contribution in [0.15, 0.2) is 24.3 Å². The zero-order chi connectivity index (χ0) is 15.5. The maximum absolute atomic E-state index is 12.4. The fraction of sp³-hybridized carbons (Fsp3) is 0.600. The minimum Gasteiger partial charge on any atom is -0.374 e. The van der Waals surface area contributed by atoms with E-state index in [1.165, 1.54) is 12.1 Å². The minimum atomic E-state index is -4.30. The number of alkyl halides is 3. The van der Waals surface area contributed by atoms with Gasteiger partial charge < -0.3 is 14.8 Å². The van der Waals surface area contributed by atoms with Crippen LogP contribution < -0.4 is 5.32 Å². The molecule has 1 aromatic carbocycles. The van der Waals surface area contributed by atoms with Crippen LogP contribution in [0.25, 0.3) is 0 Å². The molecule has 1 atom stereocenters. The Bertz CT molecular complexity index is 457. The number of halogens is 3. The zero-order valence-corrected chi connectivity index (χ0v) is 12.2.